The van der Waals surface area contributed by atoms with Crippen LogP contribution < -0.4 is 10.6 Å². The fraction of sp³-hybridized carbons (Fsp3) is 0.0769. The molecule has 3 aromatic carbocycles. The van der Waals surface area contributed by atoms with Crippen molar-refractivity contribution in [1.82, 2.24) is 19.3 Å². The monoisotopic (exact) mass is 502 g/mol. The topological polar surface area (TPSA) is 114 Å². The van der Waals surface area contributed by atoms with E-state index in [9.17, 15) is 18.4 Å². The highest BCUT2D eigenvalue weighted by molar-refractivity contribution is 5.92. The van der Waals surface area contributed by atoms with E-state index < -0.39 is 17.7 Å². The van der Waals surface area contributed by atoms with E-state index in [1.807, 2.05) is 12.1 Å². The summed E-state index contributed by atoms with van der Waals surface area (Å²) in [6, 6.07) is 13.8. The summed E-state index contributed by atoms with van der Waals surface area (Å²) < 4.78 is 31.3. The zero-order valence-electron chi connectivity index (χ0n) is 19.7. The van der Waals surface area contributed by atoms with Crippen molar-refractivity contribution in [2.24, 2.45) is 7.05 Å². The average Bonchev–Trinajstić information content (AvgIpc) is 3.41. The number of halogens is 2. The van der Waals surface area contributed by atoms with Crippen LogP contribution in [0.1, 0.15) is 6.92 Å². The fourth-order valence-electron chi connectivity index (χ4n) is 4.19. The van der Waals surface area contributed by atoms with Crippen molar-refractivity contribution in [2.45, 2.75) is 6.92 Å². The molecule has 2 heterocycles. The molecular weight excluding hydrogens is 482 g/mol. The number of amides is 2. The van der Waals surface area contributed by atoms with E-state index in [0.29, 0.717) is 44.9 Å². The van der Waals surface area contributed by atoms with Crippen LogP contribution in [0.5, 0.6) is 0 Å². The molecule has 2 amide bonds. The average molecular weight is 502 g/mol. The Bertz CT molecular complexity index is 1690. The van der Waals surface area contributed by atoms with Crippen molar-refractivity contribution in [2.75, 3.05) is 10.6 Å². The molecule has 11 heteroatoms. The van der Waals surface area contributed by atoms with Gasteiger partial charge in [-0.05, 0) is 53.6 Å². The highest BCUT2D eigenvalue weighted by atomic mass is 19.1. The Kier molecular flexibility index (Phi) is 5.88. The first kappa shape index (κ1) is 23.7. The summed E-state index contributed by atoms with van der Waals surface area (Å²) >= 11 is 0. The van der Waals surface area contributed by atoms with Crippen molar-refractivity contribution in [3.63, 3.8) is 0 Å². The number of carbonyl (C=O) groups excluding carboxylic acids is 1. The molecule has 0 aliphatic heterocycles. The number of fused-ring (bicyclic) bond motifs is 1. The van der Waals surface area contributed by atoms with Crippen LogP contribution in [0.3, 0.4) is 0 Å². The summed E-state index contributed by atoms with van der Waals surface area (Å²) in [5.41, 5.74) is 4.26. The maximum absolute atomic E-state index is 14.6. The Morgan fingerprint density at radius 2 is 1.76 bits per heavy atom. The molecule has 0 unspecified atom stereocenters. The van der Waals surface area contributed by atoms with Gasteiger partial charge in [-0.1, -0.05) is 6.07 Å². The molecule has 0 aliphatic rings. The van der Waals surface area contributed by atoms with Gasteiger partial charge < -0.3 is 10.4 Å². The Balaban J connectivity index is 1.61. The minimum atomic E-state index is -1.21. The van der Waals surface area contributed by atoms with Gasteiger partial charge in [-0.2, -0.15) is 5.10 Å². The number of rotatable bonds is 5. The minimum absolute atomic E-state index is 0.177. The summed E-state index contributed by atoms with van der Waals surface area (Å²) in [4.78, 5) is 27.4. The Hall–Kier alpha value is -5.06. The summed E-state index contributed by atoms with van der Waals surface area (Å²) in [6.07, 6.45) is 1.94. The van der Waals surface area contributed by atoms with Gasteiger partial charge in [0.1, 0.15) is 23.8 Å². The van der Waals surface area contributed by atoms with Crippen molar-refractivity contribution in [3.8, 4) is 27.9 Å². The first-order valence-electron chi connectivity index (χ1n) is 11.1. The highest BCUT2D eigenvalue weighted by Crippen LogP contribution is 2.33. The second-order valence-corrected chi connectivity index (χ2v) is 8.35. The van der Waals surface area contributed by atoms with Crippen LogP contribution in [-0.4, -0.2) is 36.4 Å². The molecule has 37 heavy (non-hydrogen) atoms. The van der Waals surface area contributed by atoms with Gasteiger partial charge in [0.05, 0.1) is 17.2 Å². The van der Waals surface area contributed by atoms with Crippen LogP contribution in [0.2, 0.25) is 0 Å². The van der Waals surface area contributed by atoms with E-state index >= 15 is 0 Å². The number of imidazole rings is 1. The number of aryl methyl sites for hydroxylation is 1. The van der Waals surface area contributed by atoms with Gasteiger partial charge in [-0.15, -0.1) is 0 Å². The van der Waals surface area contributed by atoms with Crippen LogP contribution in [-0.2, 0) is 11.8 Å². The van der Waals surface area contributed by atoms with E-state index in [2.05, 4.69) is 20.7 Å². The van der Waals surface area contributed by atoms with E-state index in [1.54, 1.807) is 48.4 Å². The standard InChI is InChI=1S/C26H20F2N6O3/c1-14(35)31-18-7-16(20-5-4-17(27)10-22(20)28)8-19(11-18)34-13-29-23-9-15(3-6-24(23)34)21-12-30-33(2)25(21)32-26(36)37/h3-13,32H,1-2H3,(H,31,35)(H,36,37). The van der Waals surface area contributed by atoms with E-state index in [1.165, 1.54) is 23.7 Å². The molecule has 5 rings (SSSR count). The van der Waals surface area contributed by atoms with Gasteiger partial charge >= 0.3 is 6.09 Å². The van der Waals surface area contributed by atoms with Gasteiger partial charge in [0, 0.05) is 42.5 Å². The van der Waals surface area contributed by atoms with Crippen LogP contribution in [0.4, 0.5) is 25.1 Å². The molecule has 3 N–H and O–H groups in total. The third kappa shape index (κ3) is 4.61. The molecule has 0 bridgehead atoms. The quantitative estimate of drug-likeness (QED) is 0.297. The molecule has 0 saturated carbocycles. The van der Waals surface area contributed by atoms with Crippen LogP contribution in [0, 0.1) is 11.6 Å². The fourth-order valence-corrected chi connectivity index (χ4v) is 4.19. The van der Waals surface area contributed by atoms with Crippen molar-refractivity contribution >= 4 is 34.5 Å². The lowest BCUT2D eigenvalue weighted by Crippen LogP contribution is -2.11. The van der Waals surface area contributed by atoms with Crippen LogP contribution in [0.15, 0.2) is 67.1 Å². The Labute approximate surface area is 209 Å². The Morgan fingerprint density at radius 1 is 0.946 bits per heavy atom. The van der Waals surface area contributed by atoms with Gasteiger partial charge in [0.15, 0.2) is 0 Å². The number of carboxylic acid groups (broad SMARTS) is 1. The molecule has 0 radical (unpaired) electrons. The molecule has 0 fully saturated rings. The normalized spacial score (nSPS) is 11.0. The predicted molar refractivity (Wildman–Crippen MR) is 135 cm³/mol. The van der Waals surface area contributed by atoms with Crippen molar-refractivity contribution in [1.29, 1.82) is 0 Å². The van der Waals surface area contributed by atoms with Gasteiger partial charge in [-0.25, -0.2) is 18.6 Å². The second kappa shape index (κ2) is 9.19. The lowest BCUT2D eigenvalue weighted by molar-refractivity contribution is -0.114. The zero-order chi connectivity index (χ0) is 26.3. The smallest absolute Gasteiger partial charge is 0.410 e. The number of carbonyl (C=O) groups is 2. The van der Waals surface area contributed by atoms with Crippen LogP contribution in [0.25, 0.3) is 39.0 Å². The Morgan fingerprint density at radius 3 is 2.49 bits per heavy atom. The maximum Gasteiger partial charge on any atom is 0.410 e. The lowest BCUT2D eigenvalue weighted by atomic mass is 10.0. The van der Waals surface area contributed by atoms with E-state index in [-0.39, 0.29) is 11.5 Å². The number of nitrogens with zero attached hydrogens (tertiary/aromatic N) is 4. The predicted octanol–water partition coefficient (Wildman–Crippen LogP) is 5.42. The van der Waals surface area contributed by atoms with E-state index in [0.717, 1.165) is 6.07 Å². The highest BCUT2D eigenvalue weighted by Gasteiger charge is 2.16. The summed E-state index contributed by atoms with van der Waals surface area (Å²) in [5, 5.41) is 18.4. The minimum Gasteiger partial charge on any atom is -0.465 e. The SMILES string of the molecule is CC(=O)Nc1cc(-c2ccc(F)cc2F)cc(-n2cnc3cc(-c4cnn(C)c4NC(=O)O)ccc32)c1. The summed E-state index contributed by atoms with van der Waals surface area (Å²) in [5.74, 6) is -1.40. The maximum atomic E-state index is 14.6. The molecule has 9 nitrogen and oxygen atoms in total. The second-order valence-electron chi connectivity index (χ2n) is 8.35. The number of nitrogens with one attached hydrogen (secondary N) is 2. The molecule has 0 aliphatic carbocycles. The summed E-state index contributed by atoms with van der Waals surface area (Å²) in [7, 11) is 1.63. The van der Waals surface area contributed by atoms with Crippen LogP contribution >= 0.6 is 0 Å². The molecule has 0 atom stereocenters. The van der Waals surface area contributed by atoms with Crippen molar-refractivity contribution < 1.29 is 23.5 Å². The lowest BCUT2D eigenvalue weighted by Gasteiger charge is -2.13. The number of benzene rings is 3. The molecule has 2 aromatic heterocycles. The van der Waals surface area contributed by atoms with Gasteiger partial charge in [0.2, 0.25) is 5.91 Å². The number of hydrogen-bond acceptors (Lipinski definition) is 4. The van der Waals surface area contributed by atoms with Crippen molar-refractivity contribution in [3.05, 3.63) is 78.8 Å². The number of hydrogen-bond donors (Lipinski definition) is 3. The number of aromatic nitrogens is 4. The molecule has 0 saturated heterocycles. The first-order valence-corrected chi connectivity index (χ1v) is 11.1. The number of anilines is 2. The van der Waals surface area contributed by atoms with Gasteiger partial charge in [-0.3, -0.25) is 19.4 Å². The molecule has 5 aromatic rings. The summed E-state index contributed by atoms with van der Waals surface area (Å²) in [6.45, 7) is 1.37. The third-order valence-corrected chi connectivity index (χ3v) is 5.78. The van der Waals surface area contributed by atoms with E-state index in [4.69, 9.17) is 5.11 Å². The molecule has 0 spiro atoms. The third-order valence-electron chi connectivity index (χ3n) is 5.78. The van der Waals surface area contributed by atoms with Gasteiger partial charge in [0.25, 0.3) is 0 Å². The molecular formula is C26H20F2N6O3. The largest absolute Gasteiger partial charge is 0.465 e. The first-order chi connectivity index (χ1) is 17.7. The molecule has 186 valence electrons. The zero-order valence-corrected chi connectivity index (χ0v) is 19.7.